The van der Waals surface area contributed by atoms with Gasteiger partial charge in [-0.3, -0.25) is 15.5 Å². The molecule has 0 fully saturated rings. The molecule has 0 aliphatic carbocycles. The van der Waals surface area contributed by atoms with Crippen LogP contribution in [-0.4, -0.2) is 30.3 Å². The van der Waals surface area contributed by atoms with Crippen molar-refractivity contribution < 1.29 is 14.4 Å². The zero-order valence-corrected chi connectivity index (χ0v) is 20.6. The number of aromatic nitrogens is 1. The van der Waals surface area contributed by atoms with Gasteiger partial charge in [-0.05, 0) is 60.9 Å². The van der Waals surface area contributed by atoms with Crippen LogP contribution in [0.2, 0.25) is 0 Å². The van der Waals surface area contributed by atoms with Gasteiger partial charge in [0.25, 0.3) is 5.69 Å². The lowest BCUT2D eigenvalue weighted by Gasteiger charge is -2.07. The van der Waals surface area contributed by atoms with Crippen LogP contribution >= 0.6 is 11.3 Å². The number of nitro benzene ring substituents is 1. The van der Waals surface area contributed by atoms with Gasteiger partial charge in [0.05, 0.1) is 35.9 Å². The normalized spacial score (nSPS) is 11.0. The van der Waals surface area contributed by atoms with Crippen molar-refractivity contribution in [3.8, 4) is 33.2 Å². The number of hydrogen-bond acceptors (Lipinski definition) is 8. The number of ether oxygens (including phenoxy) is 2. The van der Waals surface area contributed by atoms with E-state index in [0.717, 1.165) is 38.4 Å². The molecule has 0 amide bonds. The Balaban J connectivity index is 1.68. The molecule has 1 aromatic heterocycles. The first-order chi connectivity index (χ1) is 16.9. The molecule has 1 heterocycles. The summed E-state index contributed by atoms with van der Waals surface area (Å²) in [5.74, 6) is 1.26. The zero-order valence-electron chi connectivity index (χ0n) is 19.7. The third kappa shape index (κ3) is 5.30. The Kier molecular flexibility index (Phi) is 7.07. The van der Waals surface area contributed by atoms with Gasteiger partial charge in [0.15, 0.2) is 11.5 Å². The van der Waals surface area contributed by atoms with Crippen LogP contribution in [0.15, 0.2) is 65.8 Å². The molecule has 0 aliphatic heterocycles. The molecule has 3 aromatic carbocycles. The number of thiazole rings is 1. The topological polar surface area (TPSA) is 98.9 Å². The molecule has 0 spiro atoms. The van der Waals surface area contributed by atoms with Crippen LogP contribution in [0.25, 0.3) is 21.7 Å². The number of rotatable bonds is 8. The number of nitro groups is 1. The van der Waals surface area contributed by atoms with Crippen molar-refractivity contribution in [1.82, 2.24) is 4.98 Å². The fourth-order valence-electron chi connectivity index (χ4n) is 3.66. The summed E-state index contributed by atoms with van der Waals surface area (Å²) >= 11 is 1.43. The number of benzene rings is 3. The van der Waals surface area contributed by atoms with Crippen LogP contribution in [0, 0.1) is 24.0 Å². The van der Waals surface area contributed by atoms with Gasteiger partial charge in [-0.2, -0.15) is 5.10 Å². The highest BCUT2D eigenvalue weighted by Gasteiger charge is 2.17. The molecule has 0 atom stereocenters. The number of hydrogen-bond donors (Lipinski definition) is 1. The standard InChI is InChI=1S/C26H24N4O4S/c1-16-5-11-21(17(2)13-16)24-25(19-7-9-20(10-8-19)30(31)32)35-26(28-24)29-27-15-18-6-12-22(33-3)23(14-18)34-4/h5-15H,1-4H3,(H,28,29)/b27-15-. The Morgan fingerprint density at radius 2 is 1.74 bits per heavy atom. The first kappa shape index (κ1) is 23.9. The number of methoxy groups -OCH3 is 2. The Hall–Kier alpha value is -4.24. The maximum absolute atomic E-state index is 11.1. The lowest BCUT2D eigenvalue weighted by atomic mass is 10.0. The highest BCUT2D eigenvalue weighted by molar-refractivity contribution is 7.19. The Morgan fingerprint density at radius 3 is 2.40 bits per heavy atom. The first-order valence-corrected chi connectivity index (χ1v) is 11.6. The van der Waals surface area contributed by atoms with Crippen LogP contribution in [0.3, 0.4) is 0 Å². The lowest BCUT2D eigenvalue weighted by molar-refractivity contribution is -0.384. The van der Waals surface area contributed by atoms with Gasteiger partial charge < -0.3 is 9.47 Å². The van der Waals surface area contributed by atoms with E-state index in [2.05, 4.69) is 16.6 Å². The monoisotopic (exact) mass is 488 g/mol. The number of nitrogens with one attached hydrogen (secondary N) is 1. The van der Waals surface area contributed by atoms with Gasteiger partial charge in [0.1, 0.15) is 0 Å². The van der Waals surface area contributed by atoms with E-state index in [0.29, 0.717) is 16.6 Å². The molecular weight excluding hydrogens is 464 g/mol. The summed E-state index contributed by atoms with van der Waals surface area (Å²) in [6.07, 6.45) is 1.67. The van der Waals surface area contributed by atoms with E-state index in [1.54, 1.807) is 32.6 Å². The smallest absolute Gasteiger partial charge is 0.269 e. The third-order valence-corrected chi connectivity index (χ3v) is 6.40. The second-order valence-corrected chi connectivity index (χ2v) is 8.80. The van der Waals surface area contributed by atoms with Gasteiger partial charge >= 0.3 is 0 Å². The fraction of sp³-hybridized carbons (Fsp3) is 0.154. The molecule has 1 N–H and O–H groups in total. The Labute approximate surface area is 207 Å². The predicted molar refractivity (Wildman–Crippen MR) is 140 cm³/mol. The van der Waals surface area contributed by atoms with E-state index in [9.17, 15) is 10.1 Å². The molecule has 4 rings (SSSR count). The van der Waals surface area contributed by atoms with Crippen molar-refractivity contribution in [2.45, 2.75) is 13.8 Å². The average Bonchev–Trinajstić information content (AvgIpc) is 3.27. The summed E-state index contributed by atoms with van der Waals surface area (Å²) in [5.41, 5.74) is 8.79. The molecule has 178 valence electrons. The van der Waals surface area contributed by atoms with Crippen LogP contribution in [-0.2, 0) is 0 Å². The number of non-ortho nitro benzene ring substituents is 1. The van der Waals surface area contributed by atoms with Crippen LogP contribution in [0.1, 0.15) is 16.7 Å². The minimum Gasteiger partial charge on any atom is -0.493 e. The molecule has 0 radical (unpaired) electrons. The highest BCUT2D eigenvalue weighted by Crippen LogP contribution is 2.40. The Bertz CT molecular complexity index is 1400. The average molecular weight is 489 g/mol. The summed E-state index contributed by atoms with van der Waals surface area (Å²) in [5, 5.41) is 16.0. The minimum absolute atomic E-state index is 0.0456. The first-order valence-electron chi connectivity index (χ1n) is 10.7. The van der Waals surface area contributed by atoms with Crippen molar-refractivity contribution in [3.05, 3.63) is 87.5 Å². The van der Waals surface area contributed by atoms with E-state index >= 15 is 0 Å². The predicted octanol–water partition coefficient (Wildman–Crippen LogP) is 6.47. The number of aryl methyl sites for hydroxylation is 2. The molecule has 0 aliphatic rings. The van der Waals surface area contributed by atoms with Crippen molar-refractivity contribution in [1.29, 1.82) is 0 Å². The fourth-order valence-corrected chi connectivity index (χ4v) is 4.59. The Morgan fingerprint density at radius 1 is 1.00 bits per heavy atom. The number of hydrazone groups is 1. The second-order valence-electron chi connectivity index (χ2n) is 7.80. The minimum atomic E-state index is -0.405. The van der Waals surface area contributed by atoms with E-state index in [4.69, 9.17) is 14.5 Å². The van der Waals surface area contributed by atoms with Crippen LogP contribution in [0.5, 0.6) is 11.5 Å². The van der Waals surface area contributed by atoms with E-state index in [-0.39, 0.29) is 5.69 Å². The molecule has 35 heavy (non-hydrogen) atoms. The third-order valence-electron chi connectivity index (χ3n) is 5.39. The molecule has 0 saturated heterocycles. The van der Waals surface area contributed by atoms with Crippen LogP contribution < -0.4 is 14.9 Å². The molecule has 0 saturated carbocycles. The maximum Gasteiger partial charge on any atom is 0.269 e. The van der Waals surface area contributed by atoms with Gasteiger partial charge in [-0.1, -0.05) is 35.1 Å². The number of nitrogens with zero attached hydrogens (tertiary/aromatic N) is 3. The number of anilines is 1. The van der Waals surface area contributed by atoms with Gasteiger partial charge in [0, 0.05) is 17.7 Å². The van der Waals surface area contributed by atoms with Crippen molar-refractivity contribution in [3.63, 3.8) is 0 Å². The summed E-state index contributed by atoms with van der Waals surface area (Å²) < 4.78 is 10.6. The molecular formula is C26H24N4O4S. The van der Waals surface area contributed by atoms with Crippen molar-refractivity contribution >= 4 is 28.4 Å². The summed E-state index contributed by atoms with van der Waals surface area (Å²) in [6.45, 7) is 4.09. The highest BCUT2D eigenvalue weighted by atomic mass is 32.1. The largest absolute Gasteiger partial charge is 0.493 e. The van der Waals surface area contributed by atoms with Crippen LogP contribution in [0.4, 0.5) is 10.8 Å². The van der Waals surface area contributed by atoms with Gasteiger partial charge in [0.2, 0.25) is 5.13 Å². The van der Waals surface area contributed by atoms with Crippen molar-refractivity contribution in [2.24, 2.45) is 5.10 Å². The zero-order chi connectivity index (χ0) is 24.9. The molecule has 8 nitrogen and oxygen atoms in total. The molecule has 0 bridgehead atoms. The summed E-state index contributed by atoms with van der Waals surface area (Å²) in [4.78, 5) is 16.4. The lowest BCUT2D eigenvalue weighted by Crippen LogP contribution is -1.94. The quantitative estimate of drug-likeness (QED) is 0.173. The second kappa shape index (κ2) is 10.4. The summed E-state index contributed by atoms with van der Waals surface area (Å²) in [6, 6.07) is 18.2. The SMILES string of the molecule is COc1ccc(/C=N\Nc2nc(-c3ccc(C)cc3C)c(-c3ccc([N+](=O)[O-])cc3)s2)cc1OC. The molecule has 0 unspecified atom stereocenters. The van der Waals surface area contributed by atoms with Crippen molar-refractivity contribution in [2.75, 3.05) is 19.6 Å². The van der Waals surface area contributed by atoms with E-state index in [1.165, 1.54) is 23.5 Å². The maximum atomic E-state index is 11.1. The molecule has 9 heteroatoms. The van der Waals surface area contributed by atoms with E-state index < -0.39 is 4.92 Å². The molecule has 4 aromatic rings. The van der Waals surface area contributed by atoms with E-state index in [1.807, 2.05) is 44.2 Å². The summed E-state index contributed by atoms with van der Waals surface area (Å²) in [7, 11) is 3.17. The van der Waals surface area contributed by atoms with Gasteiger partial charge in [-0.25, -0.2) is 4.98 Å². The van der Waals surface area contributed by atoms with Gasteiger partial charge in [-0.15, -0.1) is 0 Å².